The van der Waals surface area contributed by atoms with Crippen molar-refractivity contribution in [3.05, 3.63) is 76.8 Å². The van der Waals surface area contributed by atoms with Crippen molar-refractivity contribution in [1.82, 2.24) is 0 Å². The fraction of sp³-hybridized carbons (Fsp3) is 0.217. The fourth-order valence-electron chi connectivity index (χ4n) is 2.51. The van der Waals surface area contributed by atoms with Gasteiger partial charge in [0.05, 0.1) is 20.5 Å². The summed E-state index contributed by atoms with van der Waals surface area (Å²) in [5.41, 5.74) is 3.78. The van der Waals surface area contributed by atoms with Crippen molar-refractivity contribution in [2.45, 2.75) is 20.5 Å². The first-order valence-electron chi connectivity index (χ1n) is 8.80. The Kier molecular flexibility index (Phi) is 7.99. The van der Waals surface area contributed by atoms with Crippen LogP contribution in [0.25, 0.3) is 5.57 Å². The molecule has 2 rings (SSSR count). The van der Waals surface area contributed by atoms with Gasteiger partial charge in [-0.3, -0.25) is 0 Å². The predicted molar refractivity (Wildman–Crippen MR) is 109 cm³/mol. The maximum atomic E-state index is 12.9. The molecule has 0 aromatic heterocycles. The van der Waals surface area contributed by atoms with E-state index in [-0.39, 0.29) is 18.0 Å². The molecule has 0 radical (unpaired) electrons. The molecule has 0 saturated heterocycles. The average molecular weight is 395 g/mol. The summed E-state index contributed by atoms with van der Waals surface area (Å²) >= 11 is 0. The van der Waals surface area contributed by atoms with Gasteiger partial charge < -0.3 is 14.3 Å². The Hall–Kier alpha value is -3.59. The zero-order valence-electron chi connectivity index (χ0n) is 16.8. The van der Waals surface area contributed by atoms with Crippen LogP contribution in [0.4, 0.5) is 4.39 Å². The number of benzene rings is 2. The van der Waals surface area contributed by atoms with Crippen LogP contribution in [0.1, 0.15) is 29.2 Å². The van der Waals surface area contributed by atoms with Gasteiger partial charge in [0.2, 0.25) is 0 Å². The summed E-state index contributed by atoms with van der Waals surface area (Å²) in [6.45, 7) is 3.75. The van der Waals surface area contributed by atoms with E-state index in [4.69, 9.17) is 14.3 Å². The van der Waals surface area contributed by atoms with Crippen LogP contribution in [0.2, 0.25) is 0 Å². The Morgan fingerprint density at radius 1 is 1.17 bits per heavy atom. The Morgan fingerprint density at radius 2 is 1.90 bits per heavy atom. The Morgan fingerprint density at radius 3 is 2.55 bits per heavy atom. The van der Waals surface area contributed by atoms with Gasteiger partial charge in [-0.1, -0.05) is 29.3 Å². The number of oxime groups is 1. The van der Waals surface area contributed by atoms with E-state index in [1.807, 2.05) is 19.1 Å². The molecule has 5 nitrogen and oxygen atoms in total. The number of hydrogen-bond acceptors (Lipinski definition) is 5. The normalized spacial score (nSPS) is 11.3. The van der Waals surface area contributed by atoms with E-state index in [2.05, 4.69) is 17.0 Å². The van der Waals surface area contributed by atoms with E-state index in [0.717, 1.165) is 11.1 Å². The molecule has 0 aliphatic carbocycles. The van der Waals surface area contributed by atoms with Crippen LogP contribution in [-0.4, -0.2) is 25.9 Å². The number of rotatable bonds is 6. The smallest absolute Gasteiger partial charge is 0.341 e. The van der Waals surface area contributed by atoms with Crippen LogP contribution in [0, 0.1) is 24.6 Å². The summed E-state index contributed by atoms with van der Waals surface area (Å²) in [7, 11) is 2.77. The number of carbonyl (C=O) groups excluding carboxylic acids is 1. The second-order valence-corrected chi connectivity index (χ2v) is 6.07. The lowest BCUT2D eigenvalue weighted by molar-refractivity contribution is -0.133. The van der Waals surface area contributed by atoms with Gasteiger partial charge in [-0.15, -0.1) is 0 Å². The third-order valence-corrected chi connectivity index (χ3v) is 3.98. The molecule has 0 aliphatic rings. The van der Waals surface area contributed by atoms with Gasteiger partial charge >= 0.3 is 5.97 Å². The number of halogens is 1. The van der Waals surface area contributed by atoms with Gasteiger partial charge in [0.1, 0.15) is 23.7 Å². The number of methoxy groups -OCH3 is 2. The van der Waals surface area contributed by atoms with Crippen molar-refractivity contribution in [1.29, 1.82) is 0 Å². The molecule has 2 aromatic carbocycles. The highest BCUT2D eigenvalue weighted by Crippen LogP contribution is 2.24. The monoisotopic (exact) mass is 395 g/mol. The maximum Gasteiger partial charge on any atom is 0.341 e. The molecule has 0 amide bonds. The molecule has 150 valence electrons. The van der Waals surface area contributed by atoms with E-state index >= 15 is 0 Å². The second kappa shape index (κ2) is 10.7. The minimum absolute atomic E-state index is 0.135. The SMILES string of the molecule is CO/C=C(/C(=O)OC)c1cccc(C)c1CO/N=C(\C)C#Cc1ccc(F)cc1. The summed E-state index contributed by atoms with van der Waals surface area (Å²) in [6.07, 6.45) is 1.34. The third kappa shape index (κ3) is 6.22. The van der Waals surface area contributed by atoms with Crippen LogP contribution >= 0.6 is 0 Å². The second-order valence-electron chi connectivity index (χ2n) is 6.07. The molecular weight excluding hydrogens is 373 g/mol. The molecule has 0 aliphatic heterocycles. The predicted octanol–water partition coefficient (Wildman–Crippen LogP) is 4.24. The molecule has 0 bridgehead atoms. The maximum absolute atomic E-state index is 12.9. The van der Waals surface area contributed by atoms with Crippen LogP contribution in [0.15, 0.2) is 53.9 Å². The number of esters is 1. The standard InChI is InChI=1S/C23H22FNO4/c1-16-6-5-7-20(22(14-27-3)23(26)28-4)21(16)15-29-25-17(2)8-9-18-10-12-19(24)13-11-18/h5-7,10-14H,15H2,1-4H3/b22-14+,25-17+. The summed E-state index contributed by atoms with van der Waals surface area (Å²) in [5.74, 6) is 4.91. The minimum Gasteiger partial charge on any atom is -0.503 e. The minimum atomic E-state index is -0.511. The molecule has 2 aromatic rings. The Bertz CT molecular complexity index is 982. The average Bonchev–Trinajstić information content (AvgIpc) is 2.72. The van der Waals surface area contributed by atoms with E-state index in [9.17, 15) is 9.18 Å². The van der Waals surface area contributed by atoms with Gasteiger partial charge in [0.25, 0.3) is 0 Å². The lowest BCUT2D eigenvalue weighted by Crippen LogP contribution is -2.08. The fourth-order valence-corrected chi connectivity index (χ4v) is 2.51. The van der Waals surface area contributed by atoms with Gasteiger partial charge in [0.15, 0.2) is 0 Å². The van der Waals surface area contributed by atoms with Crippen LogP contribution in [-0.2, 0) is 25.7 Å². The molecule has 0 atom stereocenters. The molecule has 0 heterocycles. The molecule has 0 fully saturated rings. The van der Waals surface area contributed by atoms with Crippen molar-refractivity contribution in [3.63, 3.8) is 0 Å². The Labute approximate surface area is 169 Å². The lowest BCUT2D eigenvalue weighted by Gasteiger charge is -2.13. The van der Waals surface area contributed by atoms with Crippen molar-refractivity contribution < 1.29 is 23.5 Å². The van der Waals surface area contributed by atoms with Crippen molar-refractivity contribution in [2.24, 2.45) is 5.16 Å². The number of ether oxygens (including phenoxy) is 2. The molecule has 0 N–H and O–H groups in total. The summed E-state index contributed by atoms with van der Waals surface area (Å²) in [6, 6.07) is 11.4. The van der Waals surface area contributed by atoms with Crippen LogP contribution in [0.5, 0.6) is 0 Å². The van der Waals surface area contributed by atoms with Crippen LogP contribution in [0.3, 0.4) is 0 Å². The van der Waals surface area contributed by atoms with Crippen molar-refractivity contribution in [2.75, 3.05) is 14.2 Å². The Balaban J connectivity index is 2.18. The molecule has 0 saturated carbocycles. The van der Waals surface area contributed by atoms with Gasteiger partial charge in [-0.05, 0) is 55.2 Å². The molecular formula is C23H22FNO4. The van der Waals surface area contributed by atoms with Crippen LogP contribution < -0.4 is 0 Å². The highest BCUT2D eigenvalue weighted by Gasteiger charge is 2.18. The summed E-state index contributed by atoms with van der Waals surface area (Å²) < 4.78 is 22.8. The third-order valence-electron chi connectivity index (χ3n) is 3.98. The van der Waals surface area contributed by atoms with E-state index in [1.54, 1.807) is 25.1 Å². The topological polar surface area (TPSA) is 57.1 Å². The number of hydrogen-bond donors (Lipinski definition) is 0. The van der Waals surface area contributed by atoms with Crippen molar-refractivity contribution >= 4 is 17.3 Å². The van der Waals surface area contributed by atoms with Gasteiger partial charge in [-0.2, -0.15) is 0 Å². The number of aryl methyl sites for hydroxylation is 1. The van der Waals surface area contributed by atoms with E-state index in [1.165, 1.54) is 32.6 Å². The zero-order chi connectivity index (χ0) is 21.2. The molecule has 6 heteroatoms. The molecule has 29 heavy (non-hydrogen) atoms. The zero-order valence-corrected chi connectivity index (χ0v) is 16.8. The number of nitrogens with zero attached hydrogens (tertiary/aromatic N) is 1. The summed E-state index contributed by atoms with van der Waals surface area (Å²) in [4.78, 5) is 17.6. The van der Waals surface area contributed by atoms with Gasteiger partial charge in [0, 0.05) is 11.1 Å². The summed E-state index contributed by atoms with van der Waals surface area (Å²) in [5, 5.41) is 4.01. The molecule has 0 spiro atoms. The first kappa shape index (κ1) is 21.7. The largest absolute Gasteiger partial charge is 0.503 e. The quantitative estimate of drug-likeness (QED) is 0.183. The number of carbonyl (C=O) groups is 1. The highest BCUT2D eigenvalue weighted by atomic mass is 19.1. The lowest BCUT2D eigenvalue weighted by atomic mass is 9.97. The highest BCUT2D eigenvalue weighted by molar-refractivity contribution is 6.16. The first-order valence-corrected chi connectivity index (χ1v) is 8.80. The van der Waals surface area contributed by atoms with Gasteiger partial charge in [-0.25, -0.2) is 9.18 Å². The first-order chi connectivity index (χ1) is 14.0. The van der Waals surface area contributed by atoms with E-state index in [0.29, 0.717) is 16.8 Å². The molecule has 0 unspecified atom stereocenters. The van der Waals surface area contributed by atoms with E-state index < -0.39 is 5.97 Å². The van der Waals surface area contributed by atoms with Crippen molar-refractivity contribution in [3.8, 4) is 11.8 Å².